The number of hydrogen-bond acceptors (Lipinski definition) is 3. The fourth-order valence-electron chi connectivity index (χ4n) is 4.84. The van der Waals surface area contributed by atoms with Crippen LogP contribution >= 0.6 is 0 Å². The molecule has 3 aliphatic rings. The van der Waals surface area contributed by atoms with Crippen LogP contribution in [0.1, 0.15) is 83.6 Å². The van der Waals surface area contributed by atoms with E-state index in [1.165, 1.54) is 17.8 Å². The van der Waals surface area contributed by atoms with E-state index in [1.54, 1.807) is 0 Å². The summed E-state index contributed by atoms with van der Waals surface area (Å²) in [6.07, 6.45) is 5.00. The van der Waals surface area contributed by atoms with Gasteiger partial charge in [0.15, 0.2) is 5.43 Å². The number of allylic oxidation sites excluding steroid dienone is 2. The molecule has 1 aromatic heterocycles. The number of benzene rings is 1. The number of carboxylic acid groups (broad SMARTS) is 1. The lowest BCUT2D eigenvalue weighted by Gasteiger charge is -2.39. The van der Waals surface area contributed by atoms with Crippen molar-refractivity contribution < 1.29 is 14.7 Å². The van der Waals surface area contributed by atoms with Crippen molar-refractivity contribution in [2.75, 3.05) is 0 Å². The quantitative estimate of drug-likeness (QED) is 0.791. The number of nitrogens with one attached hydrogen (secondary N) is 1. The Bertz CT molecular complexity index is 1230. The number of fused-ring (bicyclic) bond motifs is 4. The lowest BCUT2D eigenvalue weighted by atomic mass is 9.78. The van der Waals surface area contributed by atoms with Crippen LogP contribution in [0.4, 0.5) is 0 Å². The first-order valence-electron chi connectivity index (χ1n) is 10.8. The number of aromatic carboxylic acids is 1. The molecule has 6 nitrogen and oxygen atoms in total. The molecule has 1 amide bonds. The third-order valence-electron chi connectivity index (χ3n) is 6.69. The molecule has 0 radical (unpaired) electrons. The Balaban J connectivity index is 1.60. The highest BCUT2D eigenvalue weighted by atomic mass is 16.4. The number of carbonyl (C=O) groups excluding carboxylic acids is 1. The first-order valence-corrected chi connectivity index (χ1v) is 10.8. The summed E-state index contributed by atoms with van der Waals surface area (Å²) in [7, 11) is 0. The Hall–Kier alpha value is -3.15. The summed E-state index contributed by atoms with van der Waals surface area (Å²) >= 11 is 0. The zero-order chi connectivity index (χ0) is 22.1. The Kier molecular flexibility index (Phi) is 4.26. The fraction of sp³-hybridized carbons (Fsp3) is 0.400. The third kappa shape index (κ3) is 3.30. The van der Waals surface area contributed by atoms with Crippen LogP contribution in [0.15, 0.2) is 35.3 Å². The monoisotopic (exact) mass is 418 g/mol. The van der Waals surface area contributed by atoms with Crippen molar-refractivity contribution in [3.05, 3.63) is 68.6 Å². The molecule has 1 aromatic carbocycles. The van der Waals surface area contributed by atoms with E-state index >= 15 is 0 Å². The average molecular weight is 418 g/mol. The Morgan fingerprint density at radius 2 is 1.87 bits per heavy atom. The molecule has 0 saturated heterocycles. The van der Waals surface area contributed by atoms with E-state index in [0.717, 1.165) is 41.7 Å². The number of rotatable bonds is 3. The molecule has 0 unspecified atom stereocenters. The van der Waals surface area contributed by atoms with Crippen LogP contribution in [0, 0.1) is 5.41 Å². The van der Waals surface area contributed by atoms with Gasteiger partial charge in [-0.25, -0.2) is 4.79 Å². The van der Waals surface area contributed by atoms with Gasteiger partial charge in [0.05, 0.1) is 0 Å². The first kappa shape index (κ1) is 19.8. The van der Waals surface area contributed by atoms with E-state index in [9.17, 15) is 19.5 Å². The molecule has 1 aliphatic heterocycles. The number of carboxylic acids is 1. The molecular weight excluding hydrogens is 392 g/mol. The minimum Gasteiger partial charge on any atom is -0.477 e. The Labute approximate surface area is 180 Å². The lowest BCUT2D eigenvalue weighted by Crippen LogP contribution is -2.32. The highest BCUT2D eigenvalue weighted by molar-refractivity contribution is 6.00. The summed E-state index contributed by atoms with van der Waals surface area (Å²) in [6, 6.07) is 7.67. The van der Waals surface area contributed by atoms with Gasteiger partial charge in [0, 0.05) is 42.0 Å². The van der Waals surface area contributed by atoms with E-state index in [-0.39, 0.29) is 22.9 Å². The van der Waals surface area contributed by atoms with E-state index < -0.39 is 11.4 Å². The molecule has 1 saturated carbocycles. The zero-order valence-corrected chi connectivity index (χ0v) is 18.0. The normalized spacial score (nSPS) is 19.5. The SMILES string of the molecule is CC(C)(C)[C@@H]1CC2=C(Cc3cc(C(=O)NC4CC4)ccc32)c2cc(=O)c(C(=O)O)cn21. The van der Waals surface area contributed by atoms with Crippen molar-refractivity contribution in [3.63, 3.8) is 0 Å². The molecule has 2 heterocycles. The van der Waals surface area contributed by atoms with E-state index in [4.69, 9.17) is 0 Å². The van der Waals surface area contributed by atoms with Gasteiger partial charge in [-0.05, 0) is 59.1 Å². The van der Waals surface area contributed by atoms with Crippen molar-refractivity contribution in [3.8, 4) is 0 Å². The van der Waals surface area contributed by atoms with Gasteiger partial charge in [0.1, 0.15) is 5.56 Å². The van der Waals surface area contributed by atoms with E-state index in [2.05, 4.69) is 26.1 Å². The molecule has 1 atom stereocenters. The summed E-state index contributed by atoms with van der Waals surface area (Å²) in [5.74, 6) is -1.24. The molecule has 6 heteroatoms. The predicted molar refractivity (Wildman–Crippen MR) is 118 cm³/mol. The van der Waals surface area contributed by atoms with Gasteiger partial charge >= 0.3 is 5.97 Å². The molecule has 0 bridgehead atoms. The van der Waals surface area contributed by atoms with Crippen LogP contribution < -0.4 is 10.7 Å². The zero-order valence-electron chi connectivity index (χ0n) is 18.0. The lowest BCUT2D eigenvalue weighted by molar-refractivity contribution is 0.0693. The second kappa shape index (κ2) is 6.67. The molecule has 1 fully saturated rings. The first-order chi connectivity index (χ1) is 14.6. The van der Waals surface area contributed by atoms with Crippen molar-refractivity contribution in [2.24, 2.45) is 5.41 Å². The molecule has 5 rings (SSSR count). The number of hydrogen-bond donors (Lipinski definition) is 2. The van der Waals surface area contributed by atoms with Gasteiger partial charge in [0.25, 0.3) is 5.91 Å². The standard InChI is InChI=1S/C25H26N2O4/c1-25(2,3)22-10-17-16-7-4-13(23(29)26-15-5-6-15)8-14(16)9-18(17)20-11-21(28)19(24(30)31)12-27(20)22/h4,7-8,11-12,15,22H,5-6,9-10H2,1-3H3,(H,26,29)(H,30,31)/t22-/m0/s1. The van der Waals surface area contributed by atoms with Crippen LogP contribution in [0.5, 0.6) is 0 Å². The number of pyridine rings is 1. The summed E-state index contributed by atoms with van der Waals surface area (Å²) in [5.41, 5.74) is 5.13. The number of aromatic nitrogens is 1. The maximum Gasteiger partial charge on any atom is 0.341 e. The molecule has 2 aliphatic carbocycles. The van der Waals surface area contributed by atoms with Gasteiger partial charge in [-0.15, -0.1) is 0 Å². The highest BCUT2D eigenvalue weighted by Gasteiger charge is 2.38. The molecule has 2 aromatic rings. The van der Waals surface area contributed by atoms with Crippen molar-refractivity contribution in [1.29, 1.82) is 0 Å². The van der Waals surface area contributed by atoms with Crippen LogP contribution in [-0.2, 0) is 6.42 Å². The van der Waals surface area contributed by atoms with Gasteiger partial charge in [-0.2, -0.15) is 0 Å². The smallest absolute Gasteiger partial charge is 0.341 e. The molecule has 0 spiro atoms. The predicted octanol–water partition coefficient (Wildman–Crippen LogP) is 3.90. The van der Waals surface area contributed by atoms with Crippen LogP contribution in [0.25, 0.3) is 11.1 Å². The fourth-order valence-corrected chi connectivity index (χ4v) is 4.84. The van der Waals surface area contributed by atoms with Gasteiger partial charge < -0.3 is 15.0 Å². The second-order valence-corrected chi connectivity index (χ2v) is 9.99. The van der Waals surface area contributed by atoms with Crippen molar-refractivity contribution in [2.45, 2.75) is 58.5 Å². The number of nitrogens with zero attached hydrogens (tertiary/aromatic N) is 1. The number of carbonyl (C=O) groups is 2. The third-order valence-corrected chi connectivity index (χ3v) is 6.69. The number of amides is 1. The minimum absolute atomic E-state index is 0.0174. The molecule has 160 valence electrons. The van der Waals surface area contributed by atoms with Crippen molar-refractivity contribution >= 4 is 23.0 Å². The topological polar surface area (TPSA) is 88.4 Å². The Morgan fingerprint density at radius 1 is 1.13 bits per heavy atom. The highest BCUT2D eigenvalue weighted by Crippen LogP contribution is 2.50. The average Bonchev–Trinajstić information content (AvgIpc) is 3.43. The van der Waals surface area contributed by atoms with Gasteiger partial charge in [-0.1, -0.05) is 26.8 Å². The summed E-state index contributed by atoms with van der Waals surface area (Å²) < 4.78 is 1.98. The van der Waals surface area contributed by atoms with Gasteiger partial charge in [0.2, 0.25) is 0 Å². The summed E-state index contributed by atoms with van der Waals surface area (Å²) in [6.45, 7) is 6.40. The summed E-state index contributed by atoms with van der Waals surface area (Å²) in [4.78, 5) is 36.6. The van der Waals surface area contributed by atoms with Crippen LogP contribution in [0.2, 0.25) is 0 Å². The molecular formula is C25H26N2O4. The van der Waals surface area contributed by atoms with E-state index in [0.29, 0.717) is 18.0 Å². The van der Waals surface area contributed by atoms with Crippen LogP contribution in [-0.4, -0.2) is 27.6 Å². The summed E-state index contributed by atoms with van der Waals surface area (Å²) in [5, 5.41) is 12.5. The largest absolute Gasteiger partial charge is 0.477 e. The second-order valence-electron chi connectivity index (χ2n) is 9.99. The van der Waals surface area contributed by atoms with Gasteiger partial charge in [-0.3, -0.25) is 9.59 Å². The van der Waals surface area contributed by atoms with Crippen LogP contribution in [0.3, 0.4) is 0 Å². The Morgan fingerprint density at radius 3 is 2.52 bits per heavy atom. The maximum atomic E-state index is 12.5. The molecule has 2 N–H and O–H groups in total. The maximum absolute atomic E-state index is 12.5. The molecule has 31 heavy (non-hydrogen) atoms. The van der Waals surface area contributed by atoms with E-state index in [1.807, 2.05) is 22.8 Å². The van der Waals surface area contributed by atoms with Crippen molar-refractivity contribution in [1.82, 2.24) is 9.88 Å². The minimum atomic E-state index is -1.20.